The molecule has 0 aliphatic carbocycles. The van der Waals surface area contributed by atoms with Crippen LogP contribution in [0.4, 0.5) is 0 Å². The van der Waals surface area contributed by atoms with Gasteiger partial charge in [-0.05, 0) is 31.5 Å². The predicted molar refractivity (Wildman–Crippen MR) is 71.0 cm³/mol. The van der Waals surface area contributed by atoms with Crippen molar-refractivity contribution in [3.05, 3.63) is 35.4 Å². The number of nitrogens with zero attached hydrogens (tertiary/aromatic N) is 1. The predicted octanol–water partition coefficient (Wildman–Crippen LogP) is 0.622. The first kappa shape index (κ1) is 14.2. The highest BCUT2D eigenvalue weighted by atomic mass is 16.4. The van der Waals surface area contributed by atoms with Gasteiger partial charge in [-0.2, -0.15) is 0 Å². The molecule has 106 valence electrons. The van der Waals surface area contributed by atoms with Crippen LogP contribution in [0.25, 0.3) is 0 Å². The number of amides is 2. The van der Waals surface area contributed by atoms with E-state index in [9.17, 15) is 14.4 Å². The Morgan fingerprint density at radius 1 is 1.30 bits per heavy atom. The van der Waals surface area contributed by atoms with Gasteiger partial charge in [0.2, 0.25) is 11.8 Å². The summed E-state index contributed by atoms with van der Waals surface area (Å²) in [5.74, 6) is -1.63. The Balaban J connectivity index is 2.17. The Morgan fingerprint density at radius 3 is 2.45 bits per heavy atom. The second kappa shape index (κ2) is 5.05. The third-order valence-corrected chi connectivity index (χ3v) is 3.51. The number of carboxylic acids is 1. The van der Waals surface area contributed by atoms with Gasteiger partial charge < -0.3 is 5.11 Å². The zero-order valence-corrected chi connectivity index (χ0v) is 11.3. The van der Waals surface area contributed by atoms with Gasteiger partial charge in [0.15, 0.2) is 0 Å². The smallest absolute Gasteiger partial charge is 0.335 e. The number of carboxylic acid groups (broad SMARTS) is 1. The largest absolute Gasteiger partial charge is 0.478 e. The van der Waals surface area contributed by atoms with Crippen molar-refractivity contribution in [3.8, 4) is 0 Å². The van der Waals surface area contributed by atoms with E-state index in [-0.39, 0.29) is 23.9 Å². The quantitative estimate of drug-likeness (QED) is 0.790. The molecule has 2 rings (SSSR count). The van der Waals surface area contributed by atoms with Crippen LogP contribution in [-0.2, 0) is 16.1 Å². The average Bonchev–Trinajstić information content (AvgIpc) is 2.36. The summed E-state index contributed by atoms with van der Waals surface area (Å²) in [6.07, 6.45) is 0. The van der Waals surface area contributed by atoms with E-state index >= 15 is 0 Å². The van der Waals surface area contributed by atoms with Crippen LogP contribution >= 0.6 is 0 Å². The zero-order chi connectivity index (χ0) is 14.9. The van der Waals surface area contributed by atoms with Gasteiger partial charge in [-0.25, -0.2) is 4.79 Å². The number of aromatic carboxylic acids is 1. The van der Waals surface area contributed by atoms with Crippen LogP contribution in [0.3, 0.4) is 0 Å². The first-order valence-electron chi connectivity index (χ1n) is 6.22. The van der Waals surface area contributed by atoms with Gasteiger partial charge in [-0.3, -0.25) is 19.8 Å². The standard InChI is InChI=1S/C14H16N2O4/c1-14(2)13(20)15-11(17)8-16(14)7-9-3-5-10(6-4-9)12(18)19/h3-6H,7-8H2,1-2H3,(H,18,19)(H,15,17,20). The van der Waals surface area contributed by atoms with Crippen LogP contribution in [0, 0.1) is 0 Å². The number of carbonyl (C=O) groups excluding carboxylic acids is 2. The van der Waals surface area contributed by atoms with Crippen LogP contribution < -0.4 is 5.32 Å². The zero-order valence-electron chi connectivity index (χ0n) is 11.3. The molecule has 0 atom stereocenters. The van der Waals surface area contributed by atoms with E-state index in [0.717, 1.165) is 5.56 Å². The number of hydrogen-bond donors (Lipinski definition) is 2. The molecule has 1 aromatic rings. The molecule has 20 heavy (non-hydrogen) atoms. The van der Waals surface area contributed by atoms with Crippen molar-refractivity contribution in [1.82, 2.24) is 10.2 Å². The molecule has 0 aromatic heterocycles. The lowest BCUT2D eigenvalue weighted by Crippen LogP contribution is -2.63. The molecule has 1 aliphatic rings. The highest BCUT2D eigenvalue weighted by Gasteiger charge is 2.40. The van der Waals surface area contributed by atoms with Gasteiger partial charge in [0, 0.05) is 6.54 Å². The molecule has 1 heterocycles. The van der Waals surface area contributed by atoms with E-state index in [2.05, 4.69) is 5.32 Å². The average molecular weight is 276 g/mol. The fourth-order valence-electron chi connectivity index (χ4n) is 2.06. The molecule has 0 unspecified atom stereocenters. The van der Waals surface area contributed by atoms with Gasteiger partial charge in [0.05, 0.1) is 17.6 Å². The minimum Gasteiger partial charge on any atom is -0.478 e. The molecular weight excluding hydrogens is 260 g/mol. The fraction of sp³-hybridized carbons (Fsp3) is 0.357. The molecule has 1 saturated heterocycles. The van der Waals surface area contributed by atoms with Gasteiger partial charge in [0.1, 0.15) is 0 Å². The maximum Gasteiger partial charge on any atom is 0.335 e. The molecule has 0 radical (unpaired) electrons. The topological polar surface area (TPSA) is 86.7 Å². The number of hydrogen-bond acceptors (Lipinski definition) is 4. The minimum atomic E-state index is -0.982. The fourth-order valence-corrected chi connectivity index (χ4v) is 2.06. The molecule has 1 fully saturated rings. The van der Waals surface area contributed by atoms with Gasteiger partial charge in [-0.1, -0.05) is 12.1 Å². The lowest BCUT2D eigenvalue weighted by Gasteiger charge is -2.40. The highest BCUT2D eigenvalue weighted by Crippen LogP contribution is 2.21. The van der Waals surface area contributed by atoms with Crippen LogP contribution in [0.5, 0.6) is 0 Å². The first-order chi connectivity index (χ1) is 9.30. The van der Waals surface area contributed by atoms with E-state index in [0.29, 0.717) is 6.54 Å². The Kier molecular flexibility index (Phi) is 3.59. The first-order valence-corrected chi connectivity index (χ1v) is 6.22. The van der Waals surface area contributed by atoms with E-state index < -0.39 is 11.5 Å². The molecule has 0 spiro atoms. The summed E-state index contributed by atoms with van der Waals surface area (Å²) in [7, 11) is 0. The van der Waals surface area contributed by atoms with E-state index in [1.807, 2.05) is 0 Å². The summed E-state index contributed by atoms with van der Waals surface area (Å²) in [5.41, 5.74) is 0.283. The van der Waals surface area contributed by atoms with Crippen molar-refractivity contribution < 1.29 is 19.5 Å². The SMILES string of the molecule is CC1(C)C(=O)NC(=O)CN1Cc1ccc(C(=O)O)cc1. The number of piperazine rings is 1. The molecule has 6 heteroatoms. The second-order valence-electron chi connectivity index (χ2n) is 5.29. The van der Waals surface area contributed by atoms with E-state index in [1.165, 1.54) is 12.1 Å². The molecular formula is C14H16N2O4. The van der Waals surface area contributed by atoms with Crippen molar-refractivity contribution in [2.45, 2.75) is 25.9 Å². The monoisotopic (exact) mass is 276 g/mol. The summed E-state index contributed by atoms with van der Waals surface area (Å²) >= 11 is 0. The highest BCUT2D eigenvalue weighted by molar-refractivity contribution is 6.02. The van der Waals surface area contributed by atoms with Crippen molar-refractivity contribution in [2.75, 3.05) is 6.54 Å². The molecule has 2 amide bonds. The third kappa shape index (κ3) is 2.70. The molecule has 1 aliphatic heterocycles. The van der Waals surface area contributed by atoms with Gasteiger partial charge >= 0.3 is 5.97 Å². The van der Waals surface area contributed by atoms with Crippen LogP contribution in [0.2, 0.25) is 0 Å². The van der Waals surface area contributed by atoms with Crippen LogP contribution in [0.1, 0.15) is 29.8 Å². The van der Waals surface area contributed by atoms with E-state index in [4.69, 9.17) is 5.11 Å². The van der Waals surface area contributed by atoms with Gasteiger partial charge in [-0.15, -0.1) is 0 Å². The molecule has 0 bridgehead atoms. The second-order valence-corrected chi connectivity index (χ2v) is 5.29. The van der Waals surface area contributed by atoms with Crippen molar-refractivity contribution >= 4 is 17.8 Å². The third-order valence-electron chi connectivity index (χ3n) is 3.51. The summed E-state index contributed by atoms with van der Waals surface area (Å²) in [6, 6.07) is 6.40. The maximum atomic E-state index is 11.8. The number of carbonyl (C=O) groups is 3. The molecule has 6 nitrogen and oxygen atoms in total. The summed E-state index contributed by atoms with van der Waals surface area (Å²) in [6.45, 7) is 4.05. The summed E-state index contributed by atoms with van der Waals surface area (Å²) in [5, 5.41) is 11.2. The van der Waals surface area contributed by atoms with Crippen molar-refractivity contribution in [2.24, 2.45) is 0 Å². The number of rotatable bonds is 3. The van der Waals surface area contributed by atoms with E-state index in [1.54, 1.807) is 30.9 Å². The Bertz CT molecular complexity index is 563. The molecule has 0 saturated carbocycles. The summed E-state index contributed by atoms with van der Waals surface area (Å²) < 4.78 is 0. The van der Waals surface area contributed by atoms with Crippen molar-refractivity contribution in [3.63, 3.8) is 0 Å². The molecule has 2 N–H and O–H groups in total. The normalized spacial score (nSPS) is 18.7. The lowest BCUT2D eigenvalue weighted by atomic mass is 9.97. The minimum absolute atomic E-state index is 0.138. The van der Waals surface area contributed by atoms with Gasteiger partial charge in [0.25, 0.3) is 0 Å². The summed E-state index contributed by atoms with van der Waals surface area (Å²) in [4.78, 5) is 35.8. The number of benzene rings is 1. The Morgan fingerprint density at radius 2 is 1.90 bits per heavy atom. The van der Waals surface area contributed by atoms with Crippen LogP contribution in [0.15, 0.2) is 24.3 Å². The Labute approximate surface area is 116 Å². The van der Waals surface area contributed by atoms with Crippen LogP contribution in [-0.4, -0.2) is 39.9 Å². The Hall–Kier alpha value is -2.21. The lowest BCUT2D eigenvalue weighted by molar-refractivity contribution is -0.145. The molecule has 1 aromatic carbocycles. The number of nitrogens with one attached hydrogen (secondary N) is 1. The maximum absolute atomic E-state index is 11.8. The number of imide groups is 1. The van der Waals surface area contributed by atoms with Crippen molar-refractivity contribution in [1.29, 1.82) is 0 Å².